The van der Waals surface area contributed by atoms with Crippen molar-refractivity contribution in [2.75, 3.05) is 12.3 Å². The van der Waals surface area contributed by atoms with E-state index in [-0.39, 0.29) is 16.1 Å². The second kappa shape index (κ2) is 4.96. The maximum absolute atomic E-state index is 11.8. The molecule has 1 aliphatic heterocycles. The van der Waals surface area contributed by atoms with Crippen LogP contribution in [0, 0.1) is 5.41 Å². The quantitative estimate of drug-likeness (QED) is 0.795. The summed E-state index contributed by atoms with van der Waals surface area (Å²) in [4.78, 5) is 11.8. The Labute approximate surface area is 103 Å². The molecule has 1 amide bonds. The molecule has 0 aromatic heterocycles. The molecule has 0 aromatic carbocycles. The first-order chi connectivity index (χ1) is 7.25. The summed E-state index contributed by atoms with van der Waals surface area (Å²) in [6, 6.07) is -0.428. The normalized spacial score (nSPS) is 27.8. The Kier molecular flexibility index (Phi) is 4.29. The van der Waals surface area contributed by atoms with Crippen LogP contribution in [0.1, 0.15) is 40.5 Å². The molecule has 0 bridgehead atoms. The molecule has 3 N–H and O–H groups in total. The summed E-state index contributed by atoms with van der Waals surface area (Å²) in [5.74, 6) is 1.18. The van der Waals surface area contributed by atoms with Crippen LogP contribution in [0.15, 0.2) is 0 Å². The minimum Gasteiger partial charge on any atom is -0.353 e. The van der Waals surface area contributed by atoms with Crippen molar-refractivity contribution in [3.63, 3.8) is 0 Å². The van der Waals surface area contributed by atoms with Crippen LogP contribution in [0.3, 0.4) is 0 Å². The summed E-state index contributed by atoms with van der Waals surface area (Å²) in [6.45, 7) is 8.92. The Morgan fingerprint density at radius 2 is 2.19 bits per heavy atom. The number of nitrogens with two attached hydrogens (primary N) is 1. The van der Waals surface area contributed by atoms with Crippen LogP contribution in [0.4, 0.5) is 0 Å². The average molecular weight is 244 g/mol. The maximum Gasteiger partial charge on any atom is 0.237 e. The van der Waals surface area contributed by atoms with Gasteiger partial charge in [0, 0.05) is 11.3 Å². The molecular formula is C12H24N2OS. The Hall–Kier alpha value is -0.220. The molecule has 2 atom stereocenters. The highest BCUT2D eigenvalue weighted by molar-refractivity contribution is 8.00. The zero-order chi connectivity index (χ0) is 12.4. The predicted octanol–water partition coefficient (Wildman–Crippen LogP) is 1.76. The van der Waals surface area contributed by atoms with Gasteiger partial charge in [0.25, 0.3) is 0 Å². The number of amides is 1. The lowest BCUT2D eigenvalue weighted by Gasteiger charge is -2.28. The summed E-state index contributed by atoms with van der Waals surface area (Å²) in [5, 5.41) is 2.99. The largest absolute Gasteiger partial charge is 0.353 e. The number of hydrogen-bond donors (Lipinski definition) is 2. The minimum atomic E-state index is -0.428. The van der Waals surface area contributed by atoms with Gasteiger partial charge in [-0.3, -0.25) is 4.79 Å². The third-order valence-corrected chi connectivity index (χ3v) is 4.69. The number of nitrogens with one attached hydrogen (secondary N) is 1. The van der Waals surface area contributed by atoms with Crippen LogP contribution in [-0.4, -0.2) is 29.0 Å². The maximum atomic E-state index is 11.8. The van der Waals surface area contributed by atoms with Gasteiger partial charge in [0.05, 0.1) is 6.04 Å². The molecule has 1 rings (SSSR count). The summed E-state index contributed by atoms with van der Waals surface area (Å²) in [5.41, 5.74) is 5.73. The van der Waals surface area contributed by atoms with Crippen molar-refractivity contribution in [1.82, 2.24) is 5.32 Å². The number of rotatable bonds is 3. The van der Waals surface area contributed by atoms with E-state index < -0.39 is 6.04 Å². The van der Waals surface area contributed by atoms with Crippen molar-refractivity contribution in [3.8, 4) is 0 Å². The van der Waals surface area contributed by atoms with Crippen molar-refractivity contribution >= 4 is 17.7 Å². The van der Waals surface area contributed by atoms with Gasteiger partial charge in [0.1, 0.15) is 0 Å². The van der Waals surface area contributed by atoms with E-state index in [1.165, 1.54) is 18.6 Å². The van der Waals surface area contributed by atoms with Crippen LogP contribution in [0.2, 0.25) is 0 Å². The van der Waals surface area contributed by atoms with Crippen LogP contribution in [-0.2, 0) is 4.79 Å². The number of carbonyl (C=O) groups excluding carboxylic acids is 1. The van der Waals surface area contributed by atoms with Crippen LogP contribution >= 0.6 is 11.8 Å². The van der Waals surface area contributed by atoms with E-state index in [4.69, 9.17) is 5.73 Å². The molecule has 1 aliphatic rings. The Morgan fingerprint density at radius 1 is 1.56 bits per heavy atom. The SMILES string of the molecule is CC1(CNC(=O)C(N)C(C)(C)C)CCCS1. The van der Waals surface area contributed by atoms with Gasteiger partial charge in [-0.2, -0.15) is 11.8 Å². The topological polar surface area (TPSA) is 55.1 Å². The Bertz CT molecular complexity index is 254. The van der Waals surface area contributed by atoms with Gasteiger partial charge in [0.15, 0.2) is 0 Å². The smallest absolute Gasteiger partial charge is 0.237 e. The molecule has 1 heterocycles. The molecule has 4 heteroatoms. The zero-order valence-electron chi connectivity index (χ0n) is 10.8. The first-order valence-electron chi connectivity index (χ1n) is 5.92. The number of hydrogen-bond acceptors (Lipinski definition) is 3. The molecule has 0 aliphatic carbocycles. The third-order valence-electron chi connectivity index (χ3n) is 3.15. The van der Waals surface area contributed by atoms with Crippen molar-refractivity contribution in [1.29, 1.82) is 0 Å². The lowest BCUT2D eigenvalue weighted by atomic mass is 9.87. The van der Waals surface area contributed by atoms with Gasteiger partial charge in [-0.1, -0.05) is 20.8 Å². The van der Waals surface area contributed by atoms with E-state index in [1.54, 1.807) is 0 Å². The van der Waals surface area contributed by atoms with E-state index >= 15 is 0 Å². The van der Waals surface area contributed by atoms with Gasteiger partial charge in [-0.15, -0.1) is 0 Å². The van der Waals surface area contributed by atoms with Crippen LogP contribution in [0.25, 0.3) is 0 Å². The lowest BCUT2D eigenvalue weighted by Crippen LogP contribution is -2.51. The average Bonchev–Trinajstić information content (AvgIpc) is 2.60. The van der Waals surface area contributed by atoms with Gasteiger partial charge in [0.2, 0.25) is 5.91 Å². The van der Waals surface area contributed by atoms with Gasteiger partial charge in [-0.25, -0.2) is 0 Å². The fraction of sp³-hybridized carbons (Fsp3) is 0.917. The van der Waals surface area contributed by atoms with Gasteiger partial charge >= 0.3 is 0 Å². The summed E-state index contributed by atoms with van der Waals surface area (Å²) in [6.07, 6.45) is 2.44. The summed E-state index contributed by atoms with van der Waals surface area (Å²) < 4.78 is 0.216. The van der Waals surface area contributed by atoms with Gasteiger partial charge in [-0.05, 0) is 30.9 Å². The Balaban J connectivity index is 2.40. The highest BCUT2D eigenvalue weighted by Gasteiger charge is 2.32. The van der Waals surface area contributed by atoms with Crippen LogP contribution < -0.4 is 11.1 Å². The van der Waals surface area contributed by atoms with E-state index in [9.17, 15) is 4.79 Å². The standard InChI is InChI=1S/C12H24N2OS/c1-11(2,3)9(13)10(15)14-8-12(4)6-5-7-16-12/h9H,5-8,13H2,1-4H3,(H,14,15). The monoisotopic (exact) mass is 244 g/mol. The van der Waals surface area contributed by atoms with E-state index in [2.05, 4.69) is 12.2 Å². The van der Waals surface area contributed by atoms with E-state index in [0.717, 1.165) is 6.54 Å². The van der Waals surface area contributed by atoms with Crippen molar-refractivity contribution < 1.29 is 4.79 Å². The molecule has 94 valence electrons. The molecule has 0 aromatic rings. The fourth-order valence-electron chi connectivity index (χ4n) is 1.75. The van der Waals surface area contributed by atoms with Crippen molar-refractivity contribution in [2.24, 2.45) is 11.1 Å². The first kappa shape index (κ1) is 13.8. The summed E-state index contributed by atoms with van der Waals surface area (Å²) in [7, 11) is 0. The second-order valence-corrected chi connectivity index (χ2v) is 7.65. The first-order valence-corrected chi connectivity index (χ1v) is 6.90. The third kappa shape index (κ3) is 3.67. The molecule has 2 unspecified atom stereocenters. The number of carbonyl (C=O) groups is 1. The highest BCUT2D eigenvalue weighted by atomic mass is 32.2. The number of thioether (sulfide) groups is 1. The molecule has 1 fully saturated rings. The fourth-order valence-corrected chi connectivity index (χ4v) is 3.00. The molecule has 0 radical (unpaired) electrons. The van der Waals surface area contributed by atoms with Crippen LogP contribution in [0.5, 0.6) is 0 Å². The molecule has 0 saturated carbocycles. The predicted molar refractivity (Wildman–Crippen MR) is 70.5 cm³/mol. The molecule has 0 spiro atoms. The van der Waals surface area contributed by atoms with Crippen molar-refractivity contribution in [2.45, 2.75) is 51.3 Å². The van der Waals surface area contributed by atoms with E-state index in [0.29, 0.717) is 0 Å². The molecular weight excluding hydrogens is 220 g/mol. The zero-order valence-corrected chi connectivity index (χ0v) is 11.6. The van der Waals surface area contributed by atoms with E-state index in [1.807, 2.05) is 32.5 Å². The molecule has 1 saturated heterocycles. The molecule has 3 nitrogen and oxygen atoms in total. The second-order valence-electron chi connectivity index (χ2n) is 5.96. The van der Waals surface area contributed by atoms with Crippen molar-refractivity contribution in [3.05, 3.63) is 0 Å². The molecule has 16 heavy (non-hydrogen) atoms. The van der Waals surface area contributed by atoms with Gasteiger partial charge < -0.3 is 11.1 Å². The lowest BCUT2D eigenvalue weighted by molar-refractivity contribution is -0.124. The Morgan fingerprint density at radius 3 is 2.62 bits per heavy atom. The highest BCUT2D eigenvalue weighted by Crippen LogP contribution is 2.37. The summed E-state index contributed by atoms with van der Waals surface area (Å²) >= 11 is 1.95. The minimum absolute atomic E-state index is 0.0266.